The largest absolute Gasteiger partial charge is 0.481 e. The van der Waals surface area contributed by atoms with Crippen LogP contribution in [0.1, 0.15) is 5.56 Å². The second kappa shape index (κ2) is 4.07. The molecule has 5 nitrogen and oxygen atoms in total. The van der Waals surface area contributed by atoms with Gasteiger partial charge in [0.25, 0.3) is 0 Å². The van der Waals surface area contributed by atoms with Crippen molar-refractivity contribution in [2.75, 3.05) is 7.11 Å². The van der Waals surface area contributed by atoms with Gasteiger partial charge in [0.1, 0.15) is 6.07 Å². The molecule has 0 saturated carbocycles. The Labute approximate surface area is 74.9 Å². The molecule has 0 spiro atoms. The predicted octanol–water partition coefficient (Wildman–Crippen LogP) is 0.792. The molecule has 1 N–H and O–H groups in total. The Morgan fingerprint density at radius 1 is 1.77 bits per heavy atom. The topological polar surface area (TPSA) is 78.5 Å². The average molecular weight is 177 g/mol. The van der Waals surface area contributed by atoms with Crippen LogP contribution in [0.15, 0.2) is 23.5 Å². The van der Waals surface area contributed by atoms with Crippen LogP contribution in [0.4, 0.5) is 0 Å². The SMILES string of the molecule is COc1cc(/C(C#N)=N\O)ccn1. The second-order valence-electron chi connectivity index (χ2n) is 2.15. The molecule has 0 atom stereocenters. The number of pyridine rings is 1. The maximum Gasteiger partial charge on any atom is 0.213 e. The number of methoxy groups -OCH3 is 1. The smallest absolute Gasteiger partial charge is 0.213 e. The summed E-state index contributed by atoms with van der Waals surface area (Å²) in [6.07, 6.45) is 1.47. The van der Waals surface area contributed by atoms with Gasteiger partial charge in [0.15, 0.2) is 5.71 Å². The minimum Gasteiger partial charge on any atom is -0.481 e. The molecule has 1 heterocycles. The van der Waals surface area contributed by atoms with E-state index in [9.17, 15) is 0 Å². The molecule has 1 aromatic rings. The summed E-state index contributed by atoms with van der Waals surface area (Å²) in [6, 6.07) is 4.80. The highest BCUT2D eigenvalue weighted by molar-refractivity contribution is 6.11. The van der Waals surface area contributed by atoms with Crippen LogP contribution in [-0.4, -0.2) is 23.0 Å². The molecular formula is C8H7N3O2. The Morgan fingerprint density at radius 2 is 2.54 bits per heavy atom. The van der Waals surface area contributed by atoms with E-state index in [1.165, 1.54) is 19.4 Å². The Hall–Kier alpha value is -2.09. The third-order valence-corrected chi connectivity index (χ3v) is 1.42. The second-order valence-corrected chi connectivity index (χ2v) is 2.15. The quantitative estimate of drug-likeness (QED) is 0.411. The van der Waals surface area contributed by atoms with Crippen LogP contribution >= 0.6 is 0 Å². The first-order valence-electron chi connectivity index (χ1n) is 3.44. The van der Waals surface area contributed by atoms with Crippen molar-refractivity contribution in [1.29, 1.82) is 5.26 Å². The number of hydrogen-bond donors (Lipinski definition) is 1. The monoisotopic (exact) mass is 177 g/mol. The van der Waals surface area contributed by atoms with Crippen LogP contribution in [-0.2, 0) is 0 Å². The first-order valence-corrected chi connectivity index (χ1v) is 3.44. The number of nitriles is 1. The number of nitrogens with zero attached hydrogens (tertiary/aromatic N) is 3. The summed E-state index contributed by atoms with van der Waals surface area (Å²) in [5.41, 5.74) is 0.401. The van der Waals surface area contributed by atoms with E-state index in [2.05, 4.69) is 10.1 Å². The fourth-order valence-corrected chi connectivity index (χ4v) is 0.813. The van der Waals surface area contributed by atoms with Crippen molar-refractivity contribution in [2.45, 2.75) is 0 Å². The lowest BCUT2D eigenvalue weighted by Gasteiger charge is -1.99. The number of rotatable bonds is 2. The molecular weight excluding hydrogens is 170 g/mol. The van der Waals surface area contributed by atoms with Crippen molar-refractivity contribution >= 4 is 5.71 Å². The van der Waals surface area contributed by atoms with Gasteiger partial charge >= 0.3 is 0 Å². The van der Waals surface area contributed by atoms with Gasteiger partial charge in [0.05, 0.1) is 7.11 Å². The van der Waals surface area contributed by atoms with Gasteiger partial charge in [-0.1, -0.05) is 5.16 Å². The van der Waals surface area contributed by atoms with E-state index in [4.69, 9.17) is 15.2 Å². The first kappa shape index (κ1) is 9.00. The lowest BCUT2D eigenvalue weighted by atomic mass is 10.2. The maximum absolute atomic E-state index is 8.54. The molecule has 0 aliphatic rings. The van der Waals surface area contributed by atoms with Gasteiger partial charge in [-0.15, -0.1) is 0 Å². The van der Waals surface area contributed by atoms with E-state index >= 15 is 0 Å². The molecule has 1 rings (SSSR count). The van der Waals surface area contributed by atoms with Gasteiger partial charge in [-0.2, -0.15) is 5.26 Å². The van der Waals surface area contributed by atoms with Gasteiger partial charge in [0, 0.05) is 17.8 Å². The van der Waals surface area contributed by atoms with E-state index in [0.29, 0.717) is 11.4 Å². The third kappa shape index (κ3) is 1.93. The normalized spacial score (nSPS) is 10.6. The summed E-state index contributed by atoms with van der Waals surface area (Å²) in [5, 5.41) is 19.8. The van der Waals surface area contributed by atoms with Crippen molar-refractivity contribution in [3.63, 3.8) is 0 Å². The Bertz CT molecular complexity index is 368. The molecule has 0 saturated heterocycles. The van der Waals surface area contributed by atoms with Gasteiger partial charge in [-0.25, -0.2) is 4.98 Å². The van der Waals surface area contributed by atoms with E-state index < -0.39 is 0 Å². The highest BCUT2D eigenvalue weighted by Gasteiger charge is 2.04. The number of aromatic nitrogens is 1. The molecule has 0 fully saturated rings. The summed E-state index contributed by atoms with van der Waals surface area (Å²) < 4.78 is 4.84. The molecule has 13 heavy (non-hydrogen) atoms. The maximum atomic E-state index is 8.54. The van der Waals surface area contributed by atoms with Crippen molar-refractivity contribution in [1.82, 2.24) is 4.98 Å². The summed E-state index contributed by atoms with van der Waals surface area (Å²) in [6.45, 7) is 0. The highest BCUT2D eigenvalue weighted by Crippen LogP contribution is 2.09. The summed E-state index contributed by atoms with van der Waals surface area (Å²) in [5.74, 6) is 0.369. The zero-order valence-electron chi connectivity index (χ0n) is 6.93. The molecule has 0 radical (unpaired) electrons. The molecule has 0 unspecified atom stereocenters. The minimum atomic E-state index is -0.0688. The molecule has 1 aromatic heterocycles. The van der Waals surface area contributed by atoms with Gasteiger partial charge in [-0.3, -0.25) is 0 Å². The van der Waals surface area contributed by atoms with E-state index in [1.54, 1.807) is 12.1 Å². The minimum absolute atomic E-state index is 0.0688. The number of hydrogen-bond acceptors (Lipinski definition) is 5. The highest BCUT2D eigenvalue weighted by atomic mass is 16.5. The van der Waals surface area contributed by atoms with Crippen LogP contribution in [0.2, 0.25) is 0 Å². The van der Waals surface area contributed by atoms with Crippen molar-refractivity contribution < 1.29 is 9.94 Å². The molecule has 0 aliphatic carbocycles. The number of oxime groups is 1. The summed E-state index contributed by atoms with van der Waals surface area (Å²) in [7, 11) is 1.47. The molecule has 0 bridgehead atoms. The standard InChI is InChI=1S/C8H7N3O2/c1-13-8-4-6(2-3-10-8)7(5-9)11-12/h2-4,12H,1H3/b11-7-. The fraction of sp³-hybridized carbons (Fsp3) is 0.125. The molecule has 0 amide bonds. The average Bonchev–Trinajstić information content (AvgIpc) is 2.20. The van der Waals surface area contributed by atoms with Crippen LogP contribution in [0.5, 0.6) is 5.88 Å². The predicted molar refractivity (Wildman–Crippen MR) is 44.7 cm³/mol. The van der Waals surface area contributed by atoms with E-state index in [1.807, 2.05) is 0 Å². The molecule has 66 valence electrons. The van der Waals surface area contributed by atoms with Gasteiger partial charge < -0.3 is 9.94 Å². The lowest BCUT2D eigenvalue weighted by Crippen LogP contribution is -1.98. The van der Waals surface area contributed by atoms with Crippen LogP contribution in [0, 0.1) is 11.3 Å². The number of ether oxygens (including phenoxy) is 1. The first-order chi connectivity index (χ1) is 6.31. The Morgan fingerprint density at radius 3 is 3.08 bits per heavy atom. The van der Waals surface area contributed by atoms with Crippen LogP contribution < -0.4 is 4.74 Å². The van der Waals surface area contributed by atoms with Crippen LogP contribution in [0.25, 0.3) is 0 Å². The molecule has 0 aromatic carbocycles. The third-order valence-electron chi connectivity index (χ3n) is 1.42. The van der Waals surface area contributed by atoms with Gasteiger partial charge in [-0.05, 0) is 6.07 Å². The van der Waals surface area contributed by atoms with Crippen molar-refractivity contribution in [3.05, 3.63) is 23.9 Å². The van der Waals surface area contributed by atoms with E-state index in [-0.39, 0.29) is 5.71 Å². The fourth-order valence-electron chi connectivity index (χ4n) is 0.813. The van der Waals surface area contributed by atoms with E-state index in [0.717, 1.165) is 0 Å². The zero-order valence-corrected chi connectivity index (χ0v) is 6.93. The Kier molecular flexibility index (Phi) is 2.82. The summed E-state index contributed by atoms with van der Waals surface area (Å²) in [4.78, 5) is 3.84. The Balaban J connectivity index is 3.10. The van der Waals surface area contributed by atoms with Gasteiger partial charge in [0.2, 0.25) is 5.88 Å². The van der Waals surface area contributed by atoms with Crippen molar-refractivity contribution in [2.24, 2.45) is 5.16 Å². The van der Waals surface area contributed by atoms with Crippen molar-refractivity contribution in [3.8, 4) is 11.9 Å². The van der Waals surface area contributed by atoms with Crippen LogP contribution in [0.3, 0.4) is 0 Å². The molecule has 5 heteroatoms. The zero-order chi connectivity index (χ0) is 9.68. The molecule has 0 aliphatic heterocycles. The summed E-state index contributed by atoms with van der Waals surface area (Å²) >= 11 is 0. The lowest BCUT2D eigenvalue weighted by molar-refractivity contribution is 0.320.